The van der Waals surface area contributed by atoms with E-state index in [1.54, 1.807) is 80.0 Å². The number of hydrogen-bond donors (Lipinski definition) is 0. The molecule has 0 aromatic heterocycles. The minimum absolute atomic E-state index is 0.168. The third kappa shape index (κ3) is 6.82. The van der Waals surface area contributed by atoms with E-state index < -0.39 is 44.8 Å². The van der Waals surface area contributed by atoms with E-state index in [1.807, 2.05) is 6.07 Å². The average molecular weight is 612 g/mol. The number of morpholine rings is 2. The van der Waals surface area contributed by atoms with E-state index in [2.05, 4.69) is 0 Å². The van der Waals surface area contributed by atoms with Gasteiger partial charge in [-0.3, -0.25) is 9.59 Å². The van der Waals surface area contributed by atoms with Crippen molar-refractivity contribution in [3.63, 3.8) is 0 Å². The lowest BCUT2D eigenvalue weighted by molar-refractivity contribution is -0.181. The molecule has 2 saturated heterocycles. The van der Waals surface area contributed by atoms with E-state index >= 15 is 0 Å². The van der Waals surface area contributed by atoms with Gasteiger partial charge in [-0.1, -0.05) is 47.5 Å². The summed E-state index contributed by atoms with van der Waals surface area (Å²) in [4.78, 5) is 30.6. The van der Waals surface area contributed by atoms with Gasteiger partial charge in [-0.05, 0) is 63.1 Å². The molecule has 218 valence electrons. The molecule has 4 rings (SSSR count). The standard InChI is InChI=1S/C29H36Cl2N2O6S/c1-19(18-40(36,37)29(2,3)4)33-26(20-8-10-22(30)11-9-20)27(21-6-5-7-23(31)16-21)39-24(28(33)35)17-25(34)32-12-14-38-15-13-32/h5-11,16,19,24,26-27H,12-15,17-18H2,1-4H3/t19?,24-,26-,27-/m1/s1. The Balaban J connectivity index is 1.79. The fraction of sp³-hybridized carbons (Fsp3) is 0.517. The number of nitrogens with zero attached hydrogens (tertiary/aromatic N) is 2. The van der Waals surface area contributed by atoms with Crippen LogP contribution in [0.25, 0.3) is 0 Å². The first kappa shape index (κ1) is 30.8. The second-order valence-corrected chi connectivity index (χ2v) is 14.9. The Labute approximate surface area is 246 Å². The molecule has 0 radical (unpaired) electrons. The lowest BCUT2D eigenvalue weighted by atomic mass is 9.90. The summed E-state index contributed by atoms with van der Waals surface area (Å²) in [5, 5.41) is 1.01. The molecule has 0 saturated carbocycles. The minimum atomic E-state index is -3.59. The van der Waals surface area contributed by atoms with Crippen molar-refractivity contribution in [2.75, 3.05) is 32.1 Å². The number of carbonyl (C=O) groups is 2. The summed E-state index contributed by atoms with van der Waals surface area (Å²) < 4.78 is 37.4. The molecule has 0 aliphatic carbocycles. The fourth-order valence-corrected chi connectivity index (χ4v) is 6.69. The monoisotopic (exact) mass is 610 g/mol. The third-order valence-corrected chi connectivity index (χ3v) is 10.7. The van der Waals surface area contributed by atoms with Gasteiger partial charge in [0.15, 0.2) is 9.84 Å². The molecule has 2 fully saturated rings. The van der Waals surface area contributed by atoms with Crippen molar-refractivity contribution < 1.29 is 27.5 Å². The zero-order valence-electron chi connectivity index (χ0n) is 23.2. The first-order chi connectivity index (χ1) is 18.8. The van der Waals surface area contributed by atoms with E-state index in [0.29, 0.717) is 41.9 Å². The lowest BCUT2D eigenvalue weighted by Crippen LogP contribution is -2.57. The van der Waals surface area contributed by atoms with Crippen molar-refractivity contribution in [1.29, 1.82) is 0 Å². The normalized spacial score (nSPS) is 23.2. The third-order valence-electron chi connectivity index (χ3n) is 7.41. The Hall–Kier alpha value is -2.17. The molecule has 0 N–H and O–H groups in total. The van der Waals surface area contributed by atoms with Crippen molar-refractivity contribution in [2.24, 2.45) is 0 Å². The lowest BCUT2D eigenvalue weighted by Gasteiger charge is -2.47. The second-order valence-electron chi connectivity index (χ2n) is 11.3. The number of halogens is 2. The van der Waals surface area contributed by atoms with E-state index in [4.69, 9.17) is 32.7 Å². The van der Waals surface area contributed by atoms with Crippen LogP contribution in [0.5, 0.6) is 0 Å². The van der Waals surface area contributed by atoms with Gasteiger partial charge >= 0.3 is 0 Å². The molecule has 11 heteroatoms. The van der Waals surface area contributed by atoms with Gasteiger partial charge in [0, 0.05) is 29.2 Å². The van der Waals surface area contributed by atoms with Crippen molar-refractivity contribution in [1.82, 2.24) is 9.80 Å². The Bertz CT molecular complexity index is 1320. The molecule has 2 amide bonds. The van der Waals surface area contributed by atoms with Crippen LogP contribution in [0.1, 0.15) is 57.4 Å². The van der Waals surface area contributed by atoms with E-state index in [-0.39, 0.29) is 18.1 Å². The molecule has 40 heavy (non-hydrogen) atoms. The summed E-state index contributed by atoms with van der Waals surface area (Å²) in [5.74, 6) is -0.901. The van der Waals surface area contributed by atoms with Crippen molar-refractivity contribution in [3.8, 4) is 0 Å². The number of amides is 2. The number of sulfone groups is 1. The topological polar surface area (TPSA) is 93.2 Å². The van der Waals surface area contributed by atoms with Crippen LogP contribution < -0.4 is 0 Å². The average Bonchev–Trinajstić information content (AvgIpc) is 2.89. The fourth-order valence-electron chi connectivity index (χ4n) is 5.07. The molecule has 8 nitrogen and oxygen atoms in total. The molecule has 0 bridgehead atoms. The van der Waals surface area contributed by atoms with Crippen LogP contribution in [0.3, 0.4) is 0 Å². The first-order valence-corrected chi connectivity index (χ1v) is 15.8. The molecule has 2 aromatic rings. The highest BCUT2D eigenvalue weighted by molar-refractivity contribution is 7.92. The van der Waals surface area contributed by atoms with Gasteiger partial charge in [0.2, 0.25) is 5.91 Å². The molecule has 4 atom stereocenters. The molecule has 0 spiro atoms. The number of rotatable bonds is 7. The first-order valence-electron chi connectivity index (χ1n) is 13.3. The van der Waals surface area contributed by atoms with Crippen LogP contribution >= 0.6 is 23.2 Å². The van der Waals surface area contributed by atoms with Crippen LogP contribution in [0.4, 0.5) is 0 Å². The Morgan fingerprint density at radius 2 is 1.68 bits per heavy atom. The van der Waals surface area contributed by atoms with Gasteiger partial charge in [0.1, 0.15) is 12.2 Å². The highest BCUT2D eigenvalue weighted by Crippen LogP contribution is 2.44. The van der Waals surface area contributed by atoms with Crippen LogP contribution in [0, 0.1) is 0 Å². The number of ether oxygens (including phenoxy) is 2. The zero-order valence-corrected chi connectivity index (χ0v) is 25.5. The Morgan fingerprint density at radius 1 is 1.02 bits per heavy atom. The van der Waals surface area contributed by atoms with Gasteiger partial charge in [0.25, 0.3) is 5.91 Å². The zero-order chi connectivity index (χ0) is 29.2. The van der Waals surface area contributed by atoms with Gasteiger partial charge in [-0.25, -0.2) is 8.42 Å². The van der Waals surface area contributed by atoms with Crippen molar-refractivity contribution in [2.45, 2.75) is 63.2 Å². The molecular formula is C29H36Cl2N2O6S. The Kier molecular flexibility index (Phi) is 9.52. The van der Waals surface area contributed by atoms with Crippen LogP contribution in [-0.2, 0) is 28.9 Å². The van der Waals surface area contributed by atoms with Crippen LogP contribution in [-0.4, -0.2) is 79.0 Å². The molecule has 2 aliphatic heterocycles. The SMILES string of the molecule is CC(CS(=O)(=O)C(C)(C)C)N1C(=O)[C@@H](CC(=O)N2CCOCC2)O[C@H](c2cccc(Cl)c2)[C@H]1c1ccc(Cl)cc1. The van der Waals surface area contributed by atoms with Crippen molar-refractivity contribution in [3.05, 3.63) is 69.7 Å². The largest absolute Gasteiger partial charge is 0.378 e. The summed E-state index contributed by atoms with van der Waals surface area (Å²) in [7, 11) is -3.59. The summed E-state index contributed by atoms with van der Waals surface area (Å²) in [5.41, 5.74) is 1.43. The maximum atomic E-state index is 14.2. The maximum absolute atomic E-state index is 14.2. The van der Waals surface area contributed by atoms with Gasteiger partial charge in [-0.2, -0.15) is 0 Å². The number of benzene rings is 2. The molecular weight excluding hydrogens is 575 g/mol. The van der Waals surface area contributed by atoms with Gasteiger partial charge in [-0.15, -0.1) is 0 Å². The van der Waals surface area contributed by atoms with Crippen LogP contribution in [0.2, 0.25) is 10.0 Å². The predicted molar refractivity (Wildman–Crippen MR) is 155 cm³/mol. The summed E-state index contributed by atoms with van der Waals surface area (Å²) in [6.45, 7) is 8.41. The molecule has 1 unspecified atom stereocenters. The quantitative estimate of drug-likeness (QED) is 0.445. The predicted octanol–water partition coefficient (Wildman–Crippen LogP) is 4.85. The Morgan fingerprint density at radius 3 is 2.27 bits per heavy atom. The summed E-state index contributed by atoms with van der Waals surface area (Å²) >= 11 is 12.5. The number of hydrogen-bond acceptors (Lipinski definition) is 6. The van der Waals surface area contributed by atoms with Crippen molar-refractivity contribution >= 4 is 44.9 Å². The molecule has 2 aliphatic rings. The summed E-state index contributed by atoms with van der Waals surface area (Å²) in [6.07, 6.45) is -2.00. The number of carbonyl (C=O) groups excluding carboxylic acids is 2. The van der Waals surface area contributed by atoms with Gasteiger partial charge < -0.3 is 19.3 Å². The molecule has 2 aromatic carbocycles. The highest BCUT2D eigenvalue weighted by Gasteiger charge is 2.48. The minimum Gasteiger partial charge on any atom is -0.378 e. The smallest absolute Gasteiger partial charge is 0.253 e. The molecule has 2 heterocycles. The summed E-state index contributed by atoms with van der Waals surface area (Å²) in [6, 6.07) is 12.8. The maximum Gasteiger partial charge on any atom is 0.253 e. The van der Waals surface area contributed by atoms with E-state index in [0.717, 1.165) is 5.56 Å². The van der Waals surface area contributed by atoms with Crippen LogP contribution in [0.15, 0.2) is 48.5 Å². The second kappa shape index (κ2) is 12.4. The van der Waals surface area contributed by atoms with E-state index in [9.17, 15) is 18.0 Å². The van der Waals surface area contributed by atoms with E-state index in [1.165, 1.54) is 0 Å². The highest BCUT2D eigenvalue weighted by atomic mass is 35.5. The van der Waals surface area contributed by atoms with Gasteiger partial charge in [0.05, 0.1) is 36.2 Å².